The molecule has 1 aromatic rings. The van der Waals surface area contributed by atoms with Gasteiger partial charge < -0.3 is 4.90 Å². The second-order valence-corrected chi connectivity index (χ2v) is 6.46. The molecule has 2 rings (SSSR count). The predicted molar refractivity (Wildman–Crippen MR) is 77.4 cm³/mol. The van der Waals surface area contributed by atoms with Gasteiger partial charge in [0.2, 0.25) is 0 Å². The highest BCUT2D eigenvalue weighted by Crippen LogP contribution is 2.28. The van der Waals surface area contributed by atoms with Crippen molar-refractivity contribution in [3.63, 3.8) is 0 Å². The van der Waals surface area contributed by atoms with Crippen molar-refractivity contribution in [2.75, 3.05) is 23.7 Å². The highest BCUT2D eigenvalue weighted by atomic mass is 35.5. The van der Waals surface area contributed by atoms with Crippen molar-refractivity contribution >= 4 is 29.2 Å². The molecule has 1 fully saturated rings. The zero-order valence-electron chi connectivity index (χ0n) is 10.7. The summed E-state index contributed by atoms with van der Waals surface area (Å²) < 4.78 is 0. The minimum atomic E-state index is 0.548. The van der Waals surface area contributed by atoms with Crippen LogP contribution < -0.4 is 4.90 Å². The van der Waals surface area contributed by atoms with Crippen molar-refractivity contribution in [1.82, 2.24) is 4.98 Å². The van der Waals surface area contributed by atoms with Gasteiger partial charge in [0, 0.05) is 35.3 Å². The third-order valence-electron chi connectivity index (χ3n) is 3.13. The first-order valence-corrected chi connectivity index (χ1v) is 7.59. The minimum Gasteiger partial charge on any atom is -0.354 e. The molecule has 94 valence electrons. The van der Waals surface area contributed by atoms with Gasteiger partial charge in [0.1, 0.15) is 5.82 Å². The molecule has 0 saturated carbocycles. The summed E-state index contributed by atoms with van der Waals surface area (Å²) in [6.45, 7) is 8.60. The molecule has 17 heavy (non-hydrogen) atoms. The Labute approximate surface area is 113 Å². The van der Waals surface area contributed by atoms with Gasteiger partial charge in [-0.25, -0.2) is 4.98 Å². The lowest BCUT2D eigenvalue weighted by atomic mass is 10.1. The zero-order valence-corrected chi connectivity index (χ0v) is 12.2. The fourth-order valence-electron chi connectivity index (χ4n) is 2.28. The Kier molecular flexibility index (Phi) is 4.21. The third kappa shape index (κ3) is 2.89. The number of aryl methyl sites for hydroxylation is 2. The lowest BCUT2D eigenvalue weighted by Gasteiger charge is -2.33. The molecule has 1 saturated heterocycles. The van der Waals surface area contributed by atoms with Crippen LogP contribution in [0.15, 0.2) is 6.07 Å². The van der Waals surface area contributed by atoms with E-state index in [-0.39, 0.29) is 0 Å². The summed E-state index contributed by atoms with van der Waals surface area (Å²) in [5.41, 5.74) is 3.53. The first-order valence-electron chi connectivity index (χ1n) is 6.01. The number of rotatable bonds is 2. The largest absolute Gasteiger partial charge is 0.354 e. The molecule has 1 aromatic heterocycles. The standard InChI is InChI=1S/C13H19ClN2S/c1-9-6-10(2)15-13(12(9)7-14)16-4-5-17-11(3)8-16/h6,11H,4-5,7-8H2,1-3H3. The molecule has 0 N–H and O–H groups in total. The lowest BCUT2D eigenvalue weighted by molar-refractivity contribution is 0.763. The molecule has 1 aliphatic rings. The molecule has 0 bridgehead atoms. The molecule has 2 heterocycles. The van der Waals surface area contributed by atoms with Crippen LogP contribution in [0.25, 0.3) is 0 Å². The van der Waals surface area contributed by atoms with E-state index in [2.05, 4.69) is 31.7 Å². The van der Waals surface area contributed by atoms with Crippen molar-refractivity contribution in [2.45, 2.75) is 31.9 Å². The van der Waals surface area contributed by atoms with Gasteiger partial charge in [-0.15, -0.1) is 11.6 Å². The van der Waals surface area contributed by atoms with Crippen LogP contribution in [0.5, 0.6) is 0 Å². The van der Waals surface area contributed by atoms with E-state index in [9.17, 15) is 0 Å². The molecule has 0 aromatic carbocycles. The summed E-state index contributed by atoms with van der Waals surface area (Å²) in [6, 6.07) is 2.11. The Morgan fingerprint density at radius 1 is 1.53 bits per heavy atom. The van der Waals surface area contributed by atoms with E-state index >= 15 is 0 Å². The van der Waals surface area contributed by atoms with Gasteiger partial charge in [-0.05, 0) is 25.5 Å². The van der Waals surface area contributed by atoms with E-state index < -0.39 is 0 Å². The highest BCUT2D eigenvalue weighted by molar-refractivity contribution is 8.00. The molecular weight excluding hydrogens is 252 g/mol. The second-order valence-electron chi connectivity index (χ2n) is 4.64. The minimum absolute atomic E-state index is 0.548. The van der Waals surface area contributed by atoms with Crippen molar-refractivity contribution < 1.29 is 0 Å². The SMILES string of the molecule is Cc1cc(C)c(CCl)c(N2CCSC(C)C2)n1. The number of hydrogen-bond acceptors (Lipinski definition) is 3. The molecule has 1 aliphatic heterocycles. The Hall–Kier alpha value is -0.410. The van der Waals surface area contributed by atoms with Crippen LogP contribution in [-0.2, 0) is 5.88 Å². The monoisotopic (exact) mass is 270 g/mol. The van der Waals surface area contributed by atoms with Gasteiger partial charge in [-0.3, -0.25) is 0 Å². The summed E-state index contributed by atoms with van der Waals surface area (Å²) in [6.07, 6.45) is 0. The van der Waals surface area contributed by atoms with Crippen molar-refractivity contribution in [3.05, 3.63) is 22.9 Å². The summed E-state index contributed by atoms with van der Waals surface area (Å²) >= 11 is 8.11. The normalized spacial score (nSPS) is 20.7. The average Bonchev–Trinajstić information content (AvgIpc) is 2.28. The van der Waals surface area contributed by atoms with Gasteiger partial charge >= 0.3 is 0 Å². The molecule has 0 radical (unpaired) electrons. The number of nitrogens with zero attached hydrogens (tertiary/aromatic N) is 2. The van der Waals surface area contributed by atoms with Crippen LogP contribution in [0.4, 0.5) is 5.82 Å². The van der Waals surface area contributed by atoms with E-state index in [0.717, 1.165) is 24.6 Å². The molecule has 1 atom stereocenters. The molecule has 1 unspecified atom stereocenters. The van der Waals surface area contributed by atoms with Crippen molar-refractivity contribution in [1.29, 1.82) is 0 Å². The van der Waals surface area contributed by atoms with Crippen LogP contribution in [0.1, 0.15) is 23.7 Å². The van der Waals surface area contributed by atoms with Gasteiger partial charge in [-0.2, -0.15) is 11.8 Å². The Morgan fingerprint density at radius 2 is 2.29 bits per heavy atom. The Morgan fingerprint density at radius 3 is 2.94 bits per heavy atom. The molecular formula is C13H19ClN2S. The van der Waals surface area contributed by atoms with E-state index in [1.165, 1.54) is 16.9 Å². The van der Waals surface area contributed by atoms with Gasteiger partial charge in [0.05, 0.1) is 5.88 Å². The average molecular weight is 271 g/mol. The number of alkyl halides is 1. The van der Waals surface area contributed by atoms with Crippen LogP contribution in [0, 0.1) is 13.8 Å². The number of hydrogen-bond donors (Lipinski definition) is 0. The van der Waals surface area contributed by atoms with Gasteiger partial charge in [-0.1, -0.05) is 6.92 Å². The lowest BCUT2D eigenvalue weighted by Crippen LogP contribution is -2.38. The maximum absolute atomic E-state index is 6.07. The van der Waals surface area contributed by atoms with Crippen LogP contribution in [-0.4, -0.2) is 29.1 Å². The maximum atomic E-state index is 6.07. The van der Waals surface area contributed by atoms with Crippen LogP contribution >= 0.6 is 23.4 Å². The van der Waals surface area contributed by atoms with E-state index in [4.69, 9.17) is 16.6 Å². The van der Waals surface area contributed by atoms with Crippen molar-refractivity contribution in [3.8, 4) is 0 Å². The zero-order chi connectivity index (χ0) is 12.4. The first kappa shape index (κ1) is 13.0. The molecule has 4 heteroatoms. The molecule has 0 amide bonds. The molecule has 2 nitrogen and oxygen atoms in total. The van der Waals surface area contributed by atoms with E-state index in [1.54, 1.807) is 0 Å². The Bertz CT molecular complexity index is 409. The summed E-state index contributed by atoms with van der Waals surface area (Å²) in [5.74, 6) is 2.83. The predicted octanol–water partition coefficient (Wildman–Crippen LogP) is 3.38. The summed E-state index contributed by atoms with van der Waals surface area (Å²) in [5, 5.41) is 0.676. The fraction of sp³-hybridized carbons (Fsp3) is 0.615. The number of thioether (sulfide) groups is 1. The smallest absolute Gasteiger partial charge is 0.133 e. The summed E-state index contributed by atoms with van der Waals surface area (Å²) in [7, 11) is 0. The topological polar surface area (TPSA) is 16.1 Å². The van der Waals surface area contributed by atoms with Crippen molar-refractivity contribution in [2.24, 2.45) is 0 Å². The number of anilines is 1. The van der Waals surface area contributed by atoms with Gasteiger partial charge in [0.25, 0.3) is 0 Å². The third-order valence-corrected chi connectivity index (χ3v) is 4.53. The fourth-order valence-corrected chi connectivity index (χ4v) is 3.62. The van der Waals surface area contributed by atoms with Crippen LogP contribution in [0.2, 0.25) is 0 Å². The quantitative estimate of drug-likeness (QED) is 0.767. The van der Waals surface area contributed by atoms with Gasteiger partial charge in [0.15, 0.2) is 0 Å². The number of halogens is 1. The van der Waals surface area contributed by atoms with Crippen LogP contribution in [0.3, 0.4) is 0 Å². The van der Waals surface area contributed by atoms with E-state index in [0.29, 0.717) is 11.1 Å². The first-order chi connectivity index (χ1) is 8.11. The number of pyridine rings is 1. The highest BCUT2D eigenvalue weighted by Gasteiger charge is 2.21. The van der Waals surface area contributed by atoms with E-state index in [1.807, 2.05) is 11.8 Å². The molecule has 0 aliphatic carbocycles. The summed E-state index contributed by atoms with van der Waals surface area (Å²) in [4.78, 5) is 7.08. The molecule has 0 spiro atoms. The maximum Gasteiger partial charge on any atom is 0.133 e. The second kappa shape index (κ2) is 5.49. The Balaban J connectivity index is 2.35. The number of aromatic nitrogens is 1.